The van der Waals surface area contributed by atoms with Crippen molar-refractivity contribution < 1.29 is 55.7 Å². The fourth-order valence-corrected chi connectivity index (χ4v) is 3.64. The van der Waals surface area contributed by atoms with Crippen molar-refractivity contribution in [2.24, 2.45) is 11.7 Å². The number of aliphatic carboxylic acids is 2. The zero-order valence-corrected chi connectivity index (χ0v) is 23.5. The fourth-order valence-electron chi connectivity index (χ4n) is 3.64. The molecule has 1 aromatic carbocycles. The molecule has 1 aliphatic heterocycles. The summed E-state index contributed by atoms with van der Waals surface area (Å²) in [6, 6.07) is 9.90. The van der Waals surface area contributed by atoms with Gasteiger partial charge in [-0.2, -0.15) is 26.3 Å². The van der Waals surface area contributed by atoms with Crippen LogP contribution in [0.25, 0.3) is 0 Å². The van der Waals surface area contributed by atoms with E-state index in [0.29, 0.717) is 30.3 Å². The van der Waals surface area contributed by atoms with Crippen molar-refractivity contribution in [2.45, 2.75) is 50.7 Å². The van der Waals surface area contributed by atoms with E-state index >= 15 is 0 Å². The molecule has 0 aliphatic carbocycles. The van der Waals surface area contributed by atoms with Gasteiger partial charge in [0, 0.05) is 18.3 Å². The minimum absolute atomic E-state index is 0.000381. The Bertz CT molecular complexity index is 1310. The maximum atomic E-state index is 12.6. The summed E-state index contributed by atoms with van der Waals surface area (Å²) < 4.78 is 63.5. The molecule has 19 heteroatoms. The number of carboxylic acids is 2. The van der Waals surface area contributed by atoms with Gasteiger partial charge in [0.15, 0.2) is 0 Å². The number of nitrogens with zero attached hydrogens (tertiary/aromatic N) is 1. The molecule has 2 aromatic rings. The van der Waals surface area contributed by atoms with E-state index < -0.39 is 30.3 Å². The summed E-state index contributed by atoms with van der Waals surface area (Å²) in [4.78, 5) is 46.7. The number of alkyl halides is 6. The van der Waals surface area contributed by atoms with E-state index in [1.807, 2.05) is 12.1 Å². The van der Waals surface area contributed by atoms with Gasteiger partial charge in [0.1, 0.15) is 17.7 Å². The fraction of sp³-hybridized carbons (Fsp3) is 0.385. The summed E-state index contributed by atoms with van der Waals surface area (Å²) in [7, 11) is 0. The lowest BCUT2D eigenvalue weighted by molar-refractivity contribution is -0.193. The number of rotatable bonds is 8. The predicted molar refractivity (Wildman–Crippen MR) is 147 cm³/mol. The largest absolute Gasteiger partial charge is 0.490 e. The first-order valence-corrected chi connectivity index (χ1v) is 12.8. The second kappa shape index (κ2) is 16.8. The van der Waals surface area contributed by atoms with Gasteiger partial charge in [-0.1, -0.05) is 24.3 Å². The molecule has 0 bridgehead atoms. The molecule has 10 N–H and O–H groups in total. The monoisotopic (exact) mass is 651 g/mol. The third-order valence-electron chi connectivity index (χ3n) is 5.88. The highest BCUT2D eigenvalue weighted by molar-refractivity contribution is 5.95. The number of nitrogen functional groups attached to an aromatic ring is 2. The topological polar surface area (TPSA) is 234 Å². The zero-order chi connectivity index (χ0) is 34.5. The molecule has 248 valence electrons. The molecular formula is C26H31F6N7O6. The van der Waals surface area contributed by atoms with E-state index in [9.17, 15) is 35.9 Å². The van der Waals surface area contributed by atoms with Gasteiger partial charge in [-0.15, -0.1) is 0 Å². The molecule has 45 heavy (non-hydrogen) atoms. The van der Waals surface area contributed by atoms with Crippen LogP contribution < -0.4 is 27.4 Å². The molecule has 1 fully saturated rings. The molecule has 0 radical (unpaired) electrons. The number of amides is 2. The molecule has 1 unspecified atom stereocenters. The van der Waals surface area contributed by atoms with Crippen LogP contribution in [0.3, 0.4) is 0 Å². The average molecular weight is 652 g/mol. The van der Waals surface area contributed by atoms with Crippen molar-refractivity contribution in [2.75, 3.05) is 12.3 Å². The summed E-state index contributed by atoms with van der Waals surface area (Å²) >= 11 is 0. The molecule has 0 saturated carbocycles. The predicted octanol–water partition coefficient (Wildman–Crippen LogP) is 1.56. The average Bonchev–Trinajstić information content (AvgIpc) is 3.40. The first-order chi connectivity index (χ1) is 20.7. The van der Waals surface area contributed by atoms with Gasteiger partial charge < -0.3 is 37.6 Å². The standard InChI is InChI=1S/C22H29N7O2.2C2HF3O2/c1-13(21(30)28-11-14-2-4-17(5-3-14)20(24)25)29-22(31)18-9-16(12-27-18)8-15-6-7-26-19(23)10-15;2*3-2(4,5)1(6)7/h2-7,10,13,16,18,27H,8-9,11-12H2,1H3,(H2,23,26)(H3,24,25)(H,28,30)(H,29,31);2*(H,6,7)/t13?,16-,18+;;/m0../s1. The van der Waals surface area contributed by atoms with Crippen LogP contribution >= 0.6 is 0 Å². The number of carbonyl (C=O) groups is 4. The second-order valence-electron chi connectivity index (χ2n) is 9.52. The molecule has 0 spiro atoms. The van der Waals surface area contributed by atoms with Crippen LogP contribution in [0, 0.1) is 11.3 Å². The number of hydrogen-bond donors (Lipinski definition) is 8. The van der Waals surface area contributed by atoms with Crippen LogP contribution in [0.5, 0.6) is 0 Å². The summed E-state index contributed by atoms with van der Waals surface area (Å²) in [5, 5.41) is 30.5. The normalized spacial score (nSPS) is 16.5. The number of nitrogens with two attached hydrogens (primary N) is 2. The number of anilines is 1. The van der Waals surface area contributed by atoms with E-state index in [-0.39, 0.29) is 23.7 Å². The van der Waals surface area contributed by atoms with Crippen LogP contribution in [-0.2, 0) is 32.1 Å². The van der Waals surface area contributed by atoms with Crippen LogP contribution in [0.2, 0.25) is 0 Å². The second-order valence-corrected chi connectivity index (χ2v) is 9.52. The molecule has 1 aliphatic rings. The number of carbonyl (C=O) groups excluding carboxylic acids is 2. The van der Waals surface area contributed by atoms with E-state index in [1.165, 1.54) is 0 Å². The summed E-state index contributed by atoms with van der Waals surface area (Å²) in [5.41, 5.74) is 13.8. The SMILES string of the molecule is CC(NC(=O)[C@H]1C[C@H](Cc2ccnc(N)c2)CN1)C(=O)NCc1ccc(C(=N)N)cc1.O=C(O)C(F)(F)F.O=C(O)C(F)(F)F. The summed E-state index contributed by atoms with van der Waals surface area (Å²) in [6.45, 7) is 2.73. The third kappa shape index (κ3) is 14.4. The smallest absolute Gasteiger partial charge is 0.475 e. The molecule has 3 rings (SSSR count). The Morgan fingerprint density at radius 2 is 1.56 bits per heavy atom. The minimum Gasteiger partial charge on any atom is -0.475 e. The number of nitrogens with one attached hydrogen (secondary N) is 4. The molecule has 1 saturated heterocycles. The van der Waals surface area contributed by atoms with Crippen molar-refractivity contribution in [1.29, 1.82) is 5.41 Å². The van der Waals surface area contributed by atoms with Gasteiger partial charge in [-0.3, -0.25) is 15.0 Å². The lowest BCUT2D eigenvalue weighted by Crippen LogP contribution is -2.49. The van der Waals surface area contributed by atoms with E-state index in [2.05, 4.69) is 20.9 Å². The number of aromatic nitrogens is 1. The molecule has 2 heterocycles. The van der Waals surface area contributed by atoms with Gasteiger partial charge >= 0.3 is 24.3 Å². The molecule has 3 atom stereocenters. The Labute approximate surface area is 251 Å². The van der Waals surface area contributed by atoms with Gasteiger partial charge in [-0.25, -0.2) is 14.6 Å². The Kier molecular flexibility index (Phi) is 14.2. The van der Waals surface area contributed by atoms with Crippen molar-refractivity contribution in [3.63, 3.8) is 0 Å². The number of hydrogen-bond acceptors (Lipinski definition) is 8. The number of benzene rings is 1. The lowest BCUT2D eigenvalue weighted by Gasteiger charge is -2.17. The van der Waals surface area contributed by atoms with Crippen molar-refractivity contribution in [3.05, 3.63) is 59.3 Å². The van der Waals surface area contributed by atoms with E-state index in [1.54, 1.807) is 37.4 Å². The van der Waals surface area contributed by atoms with Gasteiger partial charge in [-0.05, 0) is 55.5 Å². The molecule has 1 aromatic heterocycles. The van der Waals surface area contributed by atoms with E-state index in [0.717, 1.165) is 24.1 Å². The minimum atomic E-state index is -5.08. The maximum absolute atomic E-state index is 12.6. The van der Waals surface area contributed by atoms with Crippen LogP contribution in [0.4, 0.5) is 32.2 Å². The highest BCUT2D eigenvalue weighted by Gasteiger charge is 2.39. The number of amidine groups is 1. The summed E-state index contributed by atoms with van der Waals surface area (Å²) in [5.74, 6) is -5.14. The highest BCUT2D eigenvalue weighted by Crippen LogP contribution is 2.20. The number of carboxylic acid groups (broad SMARTS) is 2. The Hall–Kier alpha value is -4.94. The Morgan fingerprint density at radius 3 is 2.02 bits per heavy atom. The third-order valence-corrected chi connectivity index (χ3v) is 5.88. The van der Waals surface area contributed by atoms with Gasteiger partial charge in [0.2, 0.25) is 11.8 Å². The molecule has 2 amide bonds. The Balaban J connectivity index is 0.000000601. The molecular weight excluding hydrogens is 620 g/mol. The van der Waals surface area contributed by atoms with Crippen LogP contribution in [-0.4, -0.2) is 75.8 Å². The zero-order valence-electron chi connectivity index (χ0n) is 23.5. The number of halogens is 6. The van der Waals surface area contributed by atoms with Gasteiger partial charge in [0.05, 0.1) is 6.04 Å². The van der Waals surface area contributed by atoms with Crippen molar-refractivity contribution >= 4 is 35.4 Å². The Morgan fingerprint density at radius 1 is 1.02 bits per heavy atom. The molecule has 13 nitrogen and oxygen atoms in total. The van der Waals surface area contributed by atoms with Crippen LogP contribution in [0.15, 0.2) is 42.6 Å². The maximum Gasteiger partial charge on any atom is 0.490 e. The quantitative estimate of drug-likeness (QED) is 0.117. The summed E-state index contributed by atoms with van der Waals surface area (Å²) in [6.07, 6.45) is -6.96. The number of pyridine rings is 1. The van der Waals surface area contributed by atoms with E-state index in [4.69, 9.17) is 36.7 Å². The van der Waals surface area contributed by atoms with Gasteiger partial charge in [0.25, 0.3) is 0 Å². The van der Waals surface area contributed by atoms with Crippen LogP contribution in [0.1, 0.15) is 30.0 Å². The van der Waals surface area contributed by atoms with Crippen molar-refractivity contribution in [3.8, 4) is 0 Å². The lowest BCUT2D eigenvalue weighted by atomic mass is 9.97. The first kappa shape index (κ1) is 38.1. The van der Waals surface area contributed by atoms with Crippen molar-refractivity contribution in [1.82, 2.24) is 20.9 Å². The highest BCUT2D eigenvalue weighted by atomic mass is 19.4. The first-order valence-electron chi connectivity index (χ1n) is 12.8.